The second kappa shape index (κ2) is 6.00. The molecule has 0 aliphatic rings. The Kier molecular flexibility index (Phi) is 4.13. The molecule has 1 amide bonds. The predicted molar refractivity (Wildman–Crippen MR) is 71.7 cm³/mol. The molecule has 2 aromatic carbocycles. The largest absolute Gasteiger partial charge is 0.508 e. The van der Waals surface area contributed by atoms with E-state index in [4.69, 9.17) is 0 Å². The van der Waals surface area contributed by atoms with Crippen LogP contribution in [0.1, 0.15) is 11.1 Å². The van der Waals surface area contributed by atoms with Gasteiger partial charge in [0.15, 0.2) is 0 Å². The number of amides is 1. The van der Waals surface area contributed by atoms with Gasteiger partial charge in [-0.2, -0.15) is 0 Å². The molecule has 0 radical (unpaired) electrons. The number of aromatic hydroxyl groups is 1. The first-order chi connectivity index (χ1) is 9.17. The molecule has 0 heterocycles. The minimum Gasteiger partial charge on any atom is -0.508 e. The molecule has 98 valence electrons. The monoisotopic (exact) mass is 259 g/mol. The summed E-state index contributed by atoms with van der Waals surface area (Å²) in [4.78, 5) is 11.8. The Morgan fingerprint density at radius 2 is 1.84 bits per heavy atom. The van der Waals surface area contributed by atoms with Crippen LogP contribution in [0.3, 0.4) is 0 Å². The topological polar surface area (TPSA) is 49.3 Å². The molecule has 2 rings (SSSR count). The van der Waals surface area contributed by atoms with Crippen molar-refractivity contribution < 1.29 is 14.3 Å². The van der Waals surface area contributed by atoms with E-state index >= 15 is 0 Å². The van der Waals surface area contributed by atoms with Gasteiger partial charge in [-0.05, 0) is 35.4 Å². The molecular formula is C15H14FNO2. The number of alkyl halides is 1. The van der Waals surface area contributed by atoms with Crippen LogP contribution in [0.5, 0.6) is 5.75 Å². The number of phenols is 1. The Labute approximate surface area is 110 Å². The van der Waals surface area contributed by atoms with Crippen molar-refractivity contribution in [2.75, 3.05) is 5.32 Å². The Morgan fingerprint density at radius 1 is 1.11 bits per heavy atom. The predicted octanol–water partition coefficient (Wildman–Crippen LogP) is 3.04. The number of benzene rings is 2. The highest BCUT2D eigenvalue weighted by Gasteiger charge is 2.04. The van der Waals surface area contributed by atoms with E-state index in [2.05, 4.69) is 5.32 Å². The molecule has 0 unspecified atom stereocenters. The molecular weight excluding hydrogens is 245 g/mol. The Morgan fingerprint density at radius 3 is 2.47 bits per heavy atom. The maximum atomic E-state index is 12.3. The Bertz CT molecular complexity index is 567. The third-order valence-corrected chi connectivity index (χ3v) is 2.67. The summed E-state index contributed by atoms with van der Waals surface area (Å²) in [5.41, 5.74) is 1.94. The number of phenolic OH excluding ortho intramolecular Hbond substituents is 1. The summed E-state index contributed by atoms with van der Waals surface area (Å²) < 4.78 is 12.3. The van der Waals surface area contributed by atoms with E-state index in [0.29, 0.717) is 11.3 Å². The number of anilines is 1. The number of rotatable bonds is 4. The summed E-state index contributed by atoms with van der Waals surface area (Å²) >= 11 is 0. The van der Waals surface area contributed by atoms with Crippen LogP contribution in [-0.4, -0.2) is 11.0 Å². The molecule has 0 saturated heterocycles. The average Bonchev–Trinajstić information content (AvgIpc) is 2.39. The molecule has 3 nitrogen and oxygen atoms in total. The Balaban J connectivity index is 1.97. The van der Waals surface area contributed by atoms with Gasteiger partial charge in [0.25, 0.3) is 0 Å². The van der Waals surface area contributed by atoms with Gasteiger partial charge in [0.05, 0.1) is 6.42 Å². The van der Waals surface area contributed by atoms with Crippen LogP contribution in [0.15, 0.2) is 48.5 Å². The second-order valence-corrected chi connectivity index (χ2v) is 4.23. The molecule has 0 aromatic heterocycles. The lowest BCUT2D eigenvalue weighted by molar-refractivity contribution is -0.115. The summed E-state index contributed by atoms with van der Waals surface area (Å²) in [6.07, 6.45) is 0.180. The maximum absolute atomic E-state index is 12.3. The minimum atomic E-state index is -0.516. The van der Waals surface area contributed by atoms with Gasteiger partial charge < -0.3 is 10.4 Å². The molecule has 0 fully saturated rings. The molecule has 0 aliphatic heterocycles. The zero-order valence-corrected chi connectivity index (χ0v) is 10.3. The van der Waals surface area contributed by atoms with Crippen LogP contribution in [0, 0.1) is 0 Å². The highest BCUT2D eigenvalue weighted by molar-refractivity contribution is 5.92. The van der Waals surface area contributed by atoms with Gasteiger partial charge in [-0.3, -0.25) is 4.79 Å². The van der Waals surface area contributed by atoms with Gasteiger partial charge in [-0.1, -0.05) is 24.3 Å². The van der Waals surface area contributed by atoms with Gasteiger partial charge in [0.2, 0.25) is 5.91 Å². The van der Waals surface area contributed by atoms with Crippen molar-refractivity contribution in [1.82, 2.24) is 0 Å². The normalized spacial score (nSPS) is 10.2. The van der Waals surface area contributed by atoms with Crippen LogP contribution < -0.4 is 5.32 Å². The lowest BCUT2D eigenvalue weighted by atomic mass is 10.1. The van der Waals surface area contributed by atoms with E-state index < -0.39 is 6.67 Å². The lowest BCUT2D eigenvalue weighted by Gasteiger charge is -2.06. The standard InChI is InChI=1S/C15H14FNO2/c16-10-11-4-6-13(7-5-11)17-15(19)9-12-2-1-3-14(18)8-12/h1-8,18H,9-10H2,(H,17,19). The van der Waals surface area contributed by atoms with E-state index in [-0.39, 0.29) is 18.1 Å². The van der Waals surface area contributed by atoms with Gasteiger partial charge in [-0.25, -0.2) is 4.39 Å². The fourth-order valence-corrected chi connectivity index (χ4v) is 1.73. The van der Waals surface area contributed by atoms with Gasteiger partial charge in [-0.15, -0.1) is 0 Å². The van der Waals surface area contributed by atoms with Crippen molar-refractivity contribution >= 4 is 11.6 Å². The first kappa shape index (κ1) is 13.1. The summed E-state index contributed by atoms with van der Waals surface area (Å²) in [6.45, 7) is -0.516. The molecule has 0 saturated carbocycles. The van der Waals surface area contributed by atoms with E-state index in [0.717, 1.165) is 5.56 Å². The fourth-order valence-electron chi connectivity index (χ4n) is 1.73. The van der Waals surface area contributed by atoms with Crippen LogP contribution in [0.25, 0.3) is 0 Å². The third-order valence-electron chi connectivity index (χ3n) is 2.67. The number of halogens is 1. The van der Waals surface area contributed by atoms with E-state index in [1.165, 1.54) is 0 Å². The molecule has 19 heavy (non-hydrogen) atoms. The number of hydrogen-bond acceptors (Lipinski definition) is 2. The average molecular weight is 259 g/mol. The minimum absolute atomic E-state index is 0.137. The van der Waals surface area contributed by atoms with Crippen molar-refractivity contribution in [3.63, 3.8) is 0 Å². The molecule has 2 N–H and O–H groups in total. The summed E-state index contributed by atoms with van der Waals surface area (Å²) in [6, 6.07) is 13.1. The molecule has 2 aromatic rings. The summed E-state index contributed by atoms with van der Waals surface area (Å²) in [5, 5.41) is 12.0. The third kappa shape index (κ3) is 3.81. The maximum Gasteiger partial charge on any atom is 0.228 e. The van der Waals surface area contributed by atoms with Crippen LogP contribution in [0.2, 0.25) is 0 Å². The molecule has 0 spiro atoms. The molecule has 0 bridgehead atoms. The Hall–Kier alpha value is -2.36. The van der Waals surface area contributed by atoms with E-state index in [1.807, 2.05) is 0 Å². The van der Waals surface area contributed by atoms with Gasteiger partial charge >= 0.3 is 0 Å². The SMILES string of the molecule is O=C(Cc1cccc(O)c1)Nc1ccc(CF)cc1. The van der Waals surface area contributed by atoms with Crippen molar-refractivity contribution in [3.05, 3.63) is 59.7 Å². The first-order valence-electron chi connectivity index (χ1n) is 5.90. The van der Waals surface area contributed by atoms with Crippen LogP contribution >= 0.6 is 0 Å². The fraction of sp³-hybridized carbons (Fsp3) is 0.133. The molecule has 0 atom stereocenters. The number of carbonyl (C=O) groups excluding carboxylic acids is 1. The highest BCUT2D eigenvalue weighted by atomic mass is 19.1. The zero-order chi connectivity index (χ0) is 13.7. The van der Waals surface area contributed by atoms with Crippen molar-refractivity contribution in [2.45, 2.75) is 13.1 Å². The van der Waals surface area contributed by atoms with Crippen molar-refractivity contribution in [2.24, 2.45) is 0 Å². The van der Waals surface area contributed by atoms with E-state index in [1.54, 1.807) is 48.5 Å². The van der Waals surface area contributed by atoms with Crippen molar-refractivity contribution in [1.29, 1.82) is 0 Å². The number of nitrogens with one attached hydrogen (secondary N) is 1. The smallest absolute Gasteiger partial charge is 0.228 e. The van der Waals surface area contributed by atoms with Crippen molar-refractivity contribution in [3.8, 4) is 5.75 Å². The van der Waals surface area contributed by atoms with Crippen LogP contribution in [-0.2, 0) is 17.9 Å². The lowest BCUT2D eigenvalue weighted by Crippen LogP contribution is -2.14. The molecule has 0 aliphatic carbocycles. The number of carbonyl (C=O) groups is 1. The second-order valence-electron chi connectivity index (χ2n) is 4.23. The first-order valence-corrected chi connectivity index (χ1v) is 5.90. The number of hydrogen-bond donors (Lipinski definition) is 2. The quantitative estimate of drug-likeness (QED) is 0.886. The van der Waals surface area contributed by atoms with E-state index in [9.17, 15) is 14.3 Å². The highest BCUT2D eigenvalue weighted by Crippen LogP contribution is 2.13. The van der Waals surface area contributed by atoms with Gasteiger partial charge in [0.1, 0.15) is 12.4 Å². The molecule has 4 heteroatoms. The summed E-state index contributed by atoms with van der Waals surface area (Å²) in [5.74, 6) is -0.0452. The summed E-state index contributed by atoms with van der Waals surface area (Å²) in [7, 11) is 0. The van der Waals surface area contributed by atoms with Gasteiger partial charge in [0, 0.05) is 5.69 Å². The zero-order valence-electron chi connectivity index (χ0n) is 10.3. The van der Waals surface area contributed by atoms with Crippen LogP contribution in [0.4, 0.5) is 10.1 Å².